The van der Waals surface area contributed by atoms with Gasteiger partial charge in [0.15, 0.2) is 11.5 Å². The van der Waals surface area contributed by atoms with Gasteiger partial charge in [-0.3, -0.25) is 4.79 Å². The third-order valence-electron chi connectivity index (χ3n) is 4.18. The highest BCUT2D eigenvalue weighted by molar-refractivity contribution is 9.10. The number of carbonyl (C=O) groups excluding carboxylic acids is 1. The van der Waals surface area contributed by atoms with E-state index in [9.17, 15) is 13.2 Å². The molecule has 2 aromatic rings. The van der Waals surface area contributed by atoms with Gasteiger partial charge in [-0.25, -0.2) is 13.1 Å². The van der Waals surface area contributed by atoms with Gasteiger partial charge in [0.05, 0.1) is 31.8 Å². The second-order valence-electron chi connectivity index (χ2n) is 6.18. The Bertz CT molecular complexity index is 946. The van der Waals surface area contributed by atoms with Gasteiger partial charge in [0, 0.05) is 0 Å². The molecule has 0 aliphatic heterocycles. The first-order valence-corrected chi connectivity index (χ1v) is 11.2. The lowest BCUT2D eigenvalue weighted by atomic mass is 10.0. The number of halogens is 1. The van der Waals surface area contributed by atoms with E-state index in [1.54, 1.807) is 37.3 Å². The van der Waals surface area contributed by atoms with Crippen LogP contribution < -0.4 is 14.2 Å². The van der Waals surface area contributed by atoms with E-state index >= 15 is 0 Å². The molecule has 0 spiro atoms. The molecular formula is C20H24BrNO6S. The Labute approximate surface area is 179 Å². The summed E-state index contributed by atoms with van der Waals surface area (Å²) < 4.78 is 44.1. The summed E-state index contributed by atoms with van der Waals surface area (Å²) >= 11 is 3.29. The van der Waals surface area contributed by atoms with Crippen molar-refractivity contribution in [3.8, 4) is 11.5 Å². The van der Waals surface area contributed by atoms with Crippen LogP contribution in [-0.4, -0.2) is 40.0 Å². The Balaban J connectivity index is 2.47. The highest BCUT2D eigenvalue weighted by atomic mass is 79.9. The molecule has 0 radical (unpaired) electrons. The Morgan fingerprint density at radius 2 is 1.69 bits per heavy atom. The van der Waals surface area contributed by atoms with Gasteiger partial charge in [-0.05, 0) is 43.7 Å². The number of hydrogen-bond donors (Lipinski definition) is 1. The molecule has 29 heavy (non-hydrogen) atoms. The highest BCUT2D eigenvalue weighted by Crippen LogP contribution is 2.33. The minimum absolute atomic E-state index is 0.0946. The van der Waals surface area contributed by atoms with Gasteiger partial charge in [-0.2, -0.15) is 0 Å². The zero-order valence-corrected chi connectivity index (χ0v) is 19.0. The number of ether oxygens (including phenoxy) is 3. The molecule has 0 saturated heterocycles. The quantitative estimate of drug-likeness (QED) is 0.432. The average molecular weight is 486 g/mol. The Hall–Kier alpha value is -2.10. The van der Waals surface area contributed by atoms with Crippen LogP contribution in [-0.2, 0) is 19.6 Å². The summed E-state index contributed by atoms with van der Waals surface area (Å²) in [5.41, 5.74) is 1.44. The topological polar surface area (TPSA) is 90.9 Å². The van der Waals surface area contributed by atoms with Crippen molar-refractivity contribution in [2.45, 2.75) is 29.6 Å². The van der Waals surface area contributed by atoms with Gasteiger partial charge in [-0.15, -0.1) is 0 Å². The van der Waals surface area contributed by atoms with Crippen LogP contribution in [0.2, 0.25) is 0 Å². The summed E-state index contributed by atoms with van der Waals surface area (Å²) in [6.45, 7) is 3.72. The predicted octanol–water partition coefficient (Wildman–Crippen LogP) is 3.36. The zero-order valence-electron chi connectivity index (χ0n) is 16.6. The minimum atomic E-state index is -3.91. The third kappa shape index (κ3) is 5.71. The average Bonchev–Trinajstić information content (AvgIpc) is 2.71. The minimum Gasteiger partial charge on any atom is -0.493 e. The summed E-state index contributed by atoms with van der Waals surface area (Å²) in [7, 11) is -0.936. The van der Waals surface area contributed by atoms with Gasteiger partial charge in [0.2, 0.25) is 10.0 Å². The van der Waals surface area contributed by atoms with Crippen LogP contribution in [0.1, 0.15) is 24.1 Å². The maximum Gasteiger partial charge on any atom is 0.321 e. The van der Waals surface area contributed by atoms with Crippen molar-refractivity contribution in [3.05, 3.63) is 53.6 Å². The van der Waals surface area contributed by atoms with Crippen LogP contribution in [0, 0.1) is 6.92 Å². The molecule has 0 aliphatic rings. The van der Waals surface area contributed by atoms with Crippen LogP contribution in [0.5, 0.6) is 11.5 Å². The number of esters is 1. The molecule has 0 aromatic heterocycles. The standard InChI is InChI=1S/C20H24BrNO6S/c1-5-28-20(23)18(21)19(14-8-11-16(26-3)17(12-14)27-4)22-29(24,25)15-9-6-13(2)7-10-15/h6-12,18-19,22H,5H2,1-4H3. The van der Waals surface area contributed by atoms with E-state index in [1.807, 2.05) is 6.92 Å². The van der Waals surface area contributed by atoms with E-state index in [1.165, 1.54) is 26.4 Å². The third-order valence-corrected chi connectivity index (χ3v) is 6.54. The van der Waals surface area contributed by atoms with E-state index in [0.29, 0.717) is 17.1 Å². The number of hydrogen-bond acceptors (Lipinski definition) is 6. The first-order valence-electron chi connectivity index (χ1n) is 8.85. The first-order chi connectivity index (χ1) is 13.7. The molecule has 0 amide bonds. The van der Waals surface area contributed by atoms with Crippen molar-refractivity contribution < 1.29 is 27.4 Å². The number of aryl methyl sites for hydroxylation is 1. The molecule has 9 heteroatoms. The van der Waals surface area contributed by atoms with Crippen LogP contribution in [0.15, 0.2) is 47.4 Å². The van der Waals surface area contributed by atoms with E-state index in [4.69, 9.17) is 14.2 Å². The predicted molar refractivity (Wildman–Crippen MR) is 113 cm³/mol. The first kappa shape index (κ1) is 23.2. The van der Waals surface area contributed by atoms with Gasteiger partial charge in [0.25, 0.3) is 0 Å². The Morgan fingerprint density at radius 3 is 2.24 bits per heavy atom. The van der Waals surface area contributed by atoms with Gasteiger partial charge < -0.3 is 14.2 Å². The lowest BCUT2D eigenvalue weighted by Gasteiger charge is -2.24. The van der Waals surface area contributed by atoms with Gasteiger partial charge in [-0.1, -0.05) is 39.7 Å². The van der Waals surface area contributed by atoms with Crippen molar-refractivity contribution in [2.24, 2.45) is 0 Å². The lowest BCUT2D eigenvalue weighted by molar-refractivity contribution is -0.142. The van der Waals surface area contributed by atoms with Crippen molar-refractivity contribution in [1.82, 2.24) is 4.72 Å². The summed E-state index contributed by atoms with van der Waals surface area (Å²) in [4.78, 5) is 11.5. The number of benzene rings is 2. The van der Waals surface area contributed by atoms with Crippen LogP contribution in [0.25, 0.3) is 0 Å². The SMILES string of the molecule is CCOC(=O)C(Br)C(NS(=O)(=O)c1ccc(C)cc1)c1ccc(OC)c(OC)c1. The molecule has 0 aliphatic carbocycles. The van der Waals surface area contributed by atoms with Gasteiger partial charge in [0.1, 0.15) is 4.83 Å². The summed E-state index contributed by atoms with van der Waals surface area (Å²) in [6.07, 6.45) is 0. The molecule has 0 bridgehead atoms. The molecule has 2 atom stereocenters. The molecule has 0 saturated carbocycles. The lowest BCUT2D eigenvalue weighted by Crippen LogP contribution is -2.38. The summed E-state index contributed by atoms with van der Waals surface area (Å²) in [6, 6.07) is 10.4. The number of carbonyl (C=O) groups is 1. The largest absolute Gasteiger partial charge is 0.493 e. The molecule has 0 fully saturated rings. The van der Waals surface area contributed by atoms with Crippen LogP contribution in [0.4, 0.5) is 0 Å². The molecule has 1 N–H and O–H groups in total. The number of sulfonamides is 1. The maximum atomic E-state index is 12.9. The number of nitrogens with one attached hydrogen (secondary N) is 1. The zero-order chi connectivity index (χ0) is 21.6. The van der Waals surface area contributed by atoms with E-state index in [0.717, 1.165) is 5.56 Å². The second kappa shape index (κ2) is 10.1. The molecule has 2 rings (SSSR count). The second-order valence-corrected chi connectivity index (χ2v) is 8.88. The molecule has 0 heterocycles. The summed E-state index contributed by atoms with van der Waals surface area (Å²) in [5, 5.41) is 0. The van der Waals surface area contributed by atoms with Crippen molar-refractivity contribution >= 4 is 31.9 Å². The Morgan fingerprint density at radius 1 is 1.07 bits per heavy atom. The fourth-order valence-electron chi connectivity index (χ4n) is 2.65. The normalized spacial score (nSPS) is 13.4. The van der Waals surface area contributed by atoms with E-state index in [-0.39, 0.29) is 11.5 Å². The van der Waals surface area contributed by atoms with E-state index < -0.39 is 26.9 Å². The fraction of sp³-hybridized carbons (Fsp3) is 0.350. The maximum absolute atomic E-state index is 12.9. The van der Waals surface area contributed by atoms with Gasteiger partial charge >= 0.3 is 5.97 Å². The molecule has 7 nitrogen and oxygen atoms in total. The van der Waals surface area contributed by atoms with Crippen LogP contribution in [0.3, 0.4) is 0 Å². The highest BCUT2D eigenvalue weighted by Gasteiger charge is 2.33. The van der Waals surface area contributed by atoms with E-state index in [2.05, 4.69) is 20.7 Å². The van der Waals surface area contributed by atoms with Crippen LogP contribution >= 0.6 is 15.9 Å². The molecule has 2 aromatic carbocycles. The van der Waals surface area contributed by atoms with Crippen molar-refractivity contribution in [2.75, 3.05) is 20.8 Å². The molecular weight excluding hydrogens is 462 g/mol. The molecule has 158 valence electrons. The van der Waals surface area contributed by atoms with Crippen molar-refractivity contribution in [1.29, 1.82) is 0 Å². The monoisotopic (exact) mass is 485 g/mol. The molecule has 2 unspecified atom stereocenters. The number of alkyl halides is 1. The smallest absolute Gasteiger partial charge is 0.321 e. The fourth-order valence-corrected chi connectivity index (χ4v) is 4.64. The Kier molecular flexibility index (Phi) is 8.06. The summed E-state index contributed by atoms with van der Waals surface area (Å²) in [5.74, 6) is 0.311. The number of methoxy groups -OCH3 is 2. The van der Waals surface area contributed by atoms with Crippen molar-refractivity contribution in [3.63, 3.8) is 0 Å². The number of rotatable bonds is 9.